The van der Waals surface area contributed by atoms with Crippen LogP contribution in [0.15, 0.2) is 11.1 Å². The van der Waals surface area contributed by atoms with Crippen LogP contribution in [0.4, 0.5) is 0 Å². The molecule has 0 aliphatic heterocycles. The van der Waals surface area contributed by atoms with Gasteiger partial charge in [-0.15, -0.1) is 0 Å². The second-order valence-electron chi connectivity index (χ2n) is 4.42. The summed E-state index contributed by atoms with van der Waals surface area (Å²) in [4.78, 5) is 0. The molecule has 0 saturated heterocycles. The first-order valence-corrected chi connectivity index (χ1v) is 5.38. The van der Waals surface area contributed by atoms with Gasteiger partial charge in [0, 0.05) is 5.54 Å². The molecule has 0 aromatic rings. The van der Waals surface area contributed by atoms with E-state index in [-0.39, 0.29) is 0 Å². The summed E-state index contributed by atoms with van der Waals surface area (Å²) in [5.74, 6) is 2.34. The molecule has 70 valence electrons. The fourth-order valence-electron chi connectivity index (χ4n) is 2.19. The molecule has 12 heavy (non-hydrogen) atoms. The van der Waals surface area contributed by atoms with E-state index in [4.69, 9.17) is 11.6 Å². The molecule has 0 radical (unpaired) electrons. The van der Waals surface area contributed by atoms with Crippen molar-refractivity contribution in [1.82, 2.24) is 0 Å². The van der Waals surface area contributed by atoms with Gasteiger partial charge in [-0.05, 0) is 37.0 Å². The number of rotatable bonds is 1. The minimum Gasteiger partial charge on any atom is -0.0930 e. The Morgan fingerprint density at radius 1 is 1.42 bits per heavy atom. The smallest absolute Gasteiger partial charge is 0.00374 e. The van der Waals surface area contributed by atoms with Crippen LogP contribution in [-0.2, 0) is 0 Å². The quantitative estimate of drug-likeness (QED) is 0.576. The van der Waals surface area contributed by atoms with Crippen molar-refractivity contribution in [3.05, 3.63) is 11.1 Å². The van der Waals surface area contributed by atoms with Gasteiger partial charge in [-0.3, -0.25) is 0 Å². The van der Waals surface area contributed by atoms with Crippen LogP contribution in [-0.4, -0.2) is 0 Å². The highest BCUT2D eigenvalue weighted by atomic mass is 35.5. The third kappa shape index (κ3) is 2.26. The van der Waals surface area contributed by atoms with Crippen molar-refractivity contribution in [2.75, 3.05) is 0 Å². The van der Waals surface area contributed by atoms with E-state index in [1.54, 1.807) is 0 Å². The molecule has 0 spiro atoms. The molecule has 1 rings (SSSR count). The maximum atomic E-state index is 5.82. The van der Waals surface area contributed by atoms with Crippen molar-refractivity contribution in [1.29, 1.82) is 0 Å². The predicted molar refractivity (Wildman–Crippen MR) is 55.3 cm³/mol. The van der Waals surface area contributed by atoms with Gasteiger partial charge in [0.2, 0.25) is 0 Å². The molecule has 0 nitrogen and oxygen atoms in total. The highest BCUT2D eigenvalue weighted by molar-refractivity contribution is 6.25. The minimum atomic E-state index is 0.749. The van der Waals surface area contributed by atoms with Crippen molar-refractivity contribution >= 4 is 11.6 Å². The van der Waals surface area contributed by atoms with Crippen LogP contribution >= 0.6 is 11.6 Å². The zero-order valence-corrected chi connectivity index (χ0v) is 9.06. The van der Waals surface area contributed by atoms with Crippen LogP contribution in [0.1, 0.15) is 40.0 Å². The summed E-state index contributed by atoms with van der Waals surface area (Å²) >= 11 is 5.82. The summed E-state index contributed by atoms with van der Waals surface area (Å²) in [5, 5.41) is 0. The molecule has 1 saturated carbocycles. The van der Waals surface area contributed by atoms with E-state index in [2.05, 4.69) is 20.8 Å². The zero-order valence-electron chi connectivity index (χ0n) is 8.31. The van der Waals surface area contributed by atoms with E-state index >= 15 is 0 Å². The van der Waals surface area contributed by atoms with Crippen LogP contribution in [0.25, 0.3) is 0 Å². The molecule has 1 aliphatic rings. The molecular formula is C11H19Cl. The lowest BCUT2D eigenvalue weighted by molar-refractivity contribution is 0.308. The molecule has 0 N–H and O–H groups in total. The van der Waals surface area contributed by atoms with Gasteiger partial charge in [0.25, 0.3) is 0 Å². The number of allylic oxidation sites excluding steroid dienone is 1. The molecule has 0 amide bonds. The maximum Gasteiger partial charge on any atom is 0.00374 e. The van der Waals surface area contributed by atoms with Gasteiger partial charge in [0.15, 0.2) is 0 Å². The molecule has 1 fully saturated rings. The third-order valence-corrected chi connectivity index (χ3v) is 3.26. The average Bonchev–Trinajstić information content (AvgIpc) is 2.03. The van der Waals surface area contributed by atoms with Crippen molar-refractivity contribution < 1.29 is 0 Å². The van der Waals surface area contributed by atoms with Crippen LogP contribution in [0, 0.1) is 17.8 Å². The third-order valence-electron chi connectivity index (χ3n) is 2.98. The Hall–Kier alpha value is 0.0300. The molecule has 1 heteroatoms. The summed E-state index contributed by atoms with van der Waals surface area (Å²) < 4.78 is 0. The van der Waals surface area contributed by atoms with Crippen LogP contribution in [0.5, 0.6) is 0 Å². The van der Waals surface area contributed by atoms with E-state index in [1.807, 2.05) is 5.54 Å². The van der Waals surface area contributed by atoms with E-state index < -0.39 is 0 Å². The second-order valence-corrected chi connectivity index (χ2v) is 4.64. The monoisotopic (exact) mass is 186 g/mol. The van der Waals surface area contributed by atoms with Gasteiger partial charge in [-0.2, -0.15) is 0 Å². The molecule has 1 aliphatic carbocycles. The Kier molecular flexibility index (Phi) is 3.64. The van der Waals surface area contributed by atoms with Gasteiger partial charge in [0.05, 0.1) is 0 Å². The fourth-order valence-corrected chi connectivity index (χ4v) is 2.44. The van der Waals surface area contributed by atoms with Crippen LogP contribution < -0.4 is 0 Å². The Balaban J connectivity index is 2.63. The summed E-state index contributed by atoms with van der Waals surface area (Å²) in [6.07, 6.45) is 3.92. The SMILES string of the molecule is CC(C)[C@H]1CC[C@@H](C)C/C1=C\Cl. The first kappa shape index (κ1) is 10.1. The number of hydrogen-bond acceptors (Lipinski definition) is 0. The molecule has 0 aromatic heterocycles. The van der Waals surface area contributed by atoms with Crippen molar-refractivity contribution in [2.24, 2.45) is 17.8 Å². The molecule has 0 aromatic carbocycles. The Morgan fingerprint density at radius 2 is 2.08 bits per heavy atom. The lowest BCUT2D eigenvalue weighted by Crippen LogP contribution is -2.19. The Morgan fingerprint density at radius 3 is 2.58 bits per heavy atom. The van der Waals surface area contributed by atoms with Crippen molar-refractivity contribution in [3.63, 3.8) is 0 Å². The van der Waals surface area contributed by atoms with Crippen LogP contribution in [0.2, 0.25) is 0 Å². The van der Waals surface area contributed by atoms with Gasteiger partial charge in [0.1, 0.15) is 0 Å². The normalized spacial score (nSPS) is 34.6. The van der Waals surface area contributed by atoms with Crippen LogP contribution in [0.3, 0.4) is 0 Å². The van der Waals surface area contributed by atoms with E-state index in [1.165, 1.54) is 24.8 Å². The lowest BCUT2D eigenvalue weighted by Gasteiger charge is -2.31. The Labute approximate surface area is 81.0 Å². The molecular weight excluding hydrogens is 168 g/mol. The number of hydrogen-bond donors (Lipinski definition) is 0. The first-order valence-electron chi connectivity index (χ1n) is 4.94. The van der Waals surface area contributed by atoms with Gasteiger partial charge < -0.3 is 0 Å². The molecule has 2 atom stereocenters. The highest BCUT2D eigenvalue weighted by Crippen LogP contribution is 2.37. The summed E-state index contributed by atoms with van der Waals surface area (Å²) in [5.41, 5.74) is 3.30. The average molecular weight is 187 g/mol. The highest BCUT2D eigenvalue weighted by Gasteiger charge is 2.24. The van der Waals surface area contributed by atoms with Gasteiger partial charge in [-0.25, -0.2) is 0 Å². The van der Waals surface area contributed by atoms with Gasteiger partial charge in [-0.1, -0.05) is 37.9 Å². The summed E-state index contributed by atoms with van der Waals surface area (Å²) in [6, 6.07) is 0. The largest absolute Gasteiger partial charge is 0.0930 e. The topological polar surface area (TPSA) is 0 Å². The first-order chi connectivity index (χ1) is 5.65. The molecule has 0 bridgehead atoms. The van der Waals surface area contributed by atoms with Crippen molar-refractivity contribution in [3.8, 4) is 0 Å². The minimum absolute atomic E-state index is 0.749. The predicted octanol–water partition coefficient (Wildman–Crippen LogP) is 4.20. The van der Waals surface area contributed by atoms with Crippen molar-refractivity contribution in [2.45, 2.75) is 40.0 Å². The summed E-state index contributed by atoms with van der Waals surface area (Å²) in [7, 11) is 0. The van der Waals surface area contributed by atoms with E-state index in [9.17, 15) is 0 Å². The molecule has 0 heterocycles. The molecule has 0 unspecified atom stereocenters. The van der Waals surface area contributed by atoms with E-state index in [0.29, 0.717) is 0 Å². The lowest BCUT2D eigenvalue weighted by atomic mass is 9.75. The van der Waals surface area contributed by atoms with Gasteiger partial charge >= 0.3 is 0 Å². The standard InChI is InChI=1S/C11H19Cl/c1-8(2)11-5-4-9(3)6-10(11)7-12/h7-9,11H,4-6H2,1-3H3/b10-7+/t9-,11-/m1/s1. The summed E-state index contributed by atoms with van der Waals surface area (Å²) in [6.45, 7) is 6.90. The number of halogens is 1. The Bertz CT molecular complexity index is 170. The maximum absolute atomic E-state index is 5.82. The zero-order chi connectivity index (χ0) is 9.14. The second kappa shape index (κ2) is 4.32. The van der Waals surface area contributed by atoms with E-state index in [0.717, 1.165) is 17.8 Å². The fraction of sp³-hybridized carbons (Fsp3) is 0.818.